The summed E-state index contributed by atoms with van der Waals surface area (Å²) in [6.45, 7) is 3.17. The van der Waals surface area contributed by atoms with Crippen LogP contribution in [0.2, 0.25) is 0 Å². The van der Waals surface area contributed by atoms with Crippen LogP contribution in [0.5, 0.6) is 5.75 Å². The number of hydrogen-bond donors (Lipinski definition) is 1. The van der Waals surface area contributed by atoms with E-state index < -0.39 is 0 Å². The molecule has 0 bridgehead atoms. The molecule has 1 unspecified atom stereocenters. The van der Waals surface area contributed by atoms with Crippen molar-refractivity contribution in [2.24, 2.45) is 0 Å². The molecule has 2 aromatic rings. The molecule has 1 heterocycles. The molecule has 0 aliphatic rings. The standard InChI is InChI=1S/C16H21NO2/c1-3-8-17-16(10-13-7-9-19-12-13)14-5-4-6-15(11-14)18-2/h4-7,9,11-12,16-17H,3,8,10H2,1-2H3. The van der Waals surface area contributed by atoms with Crippen LogP contribution in [0.1, 0.15) is 30.5 Å². The minimum atomic E-state index is 0.285. The Morgan fingerprint density at radius 2 is 2.21 bits per heavy atom. The van der Waals surface area contributed by atoms with E-state index in [1.54, 1.807) is 19.6 Å². The third-order valence-electron chi connectivity index (χ3n) is 3.16. The van der Waals surface area contributed by atoms with Gasteiger partial charge in [-0.15, -0.1) is 0 Å². The van der Waals surface area contributed by atoms with Gasteiger partial charge in [-0.3, -0.25) is 0 Å². The van der Waals surface area contributed by atoms with Crippen LogP contribution in [0.25, 0.3) is 0 Å². The molecular formula is C16H21NO2. The average molecular weight is 259 g/mol. The summed E-state index contributed by atoms with van der Waals surface area (Å²) < 4.78 is 10.4. The van der Waals surface area contributed by atoms with E-state index in [9.17, 15) is 0 Å². The van der Waals surface area contributed by atoms with Crippen molar-refractivity contribution in [1.29, 1.82) is 0 Å². The highest BCUT2D eigenvalue weighted by atomic mass is 16.5. The zero-order valence-corrected chi connectivity index (χ0v) is 11.6. The van der Waals surface area contributed by atoms with Gasteiger partial charge in [0.25, 0.3) is 0 Å². The first-order chi connectivity index (χ1) is 9.33. The smallest absolute Gasteiger partial charge is 0.119 e. The molecule has 3 nitrogen and oxygen atoms in total. The van der Waals surface area contributed by atoms with Crippen molar-refractivity contribution in [3.63, 3.8) is 0 Å². The molecule has 0 amide bonds. The van der Waals surface area contributed by atoms with Gasteiger partial charge in [0.05, 0.1) is 19.6 Å². The lowest BCUT2D eigenvalue weighted by Crippen LogP contribution is -2.24. The maximum Gasteiger partial charge on any atom is 0.119 e. The minimum absolute atomic E-state index is 0.285. The number of benzene rings is 1. The Balaban J connectivity index is 2.15. The van der Waals surface area contributed by atoms with Gasteiger partial charge in [0.15, 0.2) is 0 Å². The number of methoxy groups -OCH3 is 1. The molecule has 102 valence electrons. The molecule has 1 aromatic carbocycles. The van der Waals surface area contributed by atoms with Gasteiger partial charge < -0.3 is 14.5 Å². The summed E-state index contributed by atoms with van der Waals surface area (Å²) in [7, 11) is 1.70. The lowest BCUT2D eigenvalue weighted by atomic mass is 10.00. The molecule has 0 aliphatic carbocycles. The van der Waals surface area contributed by atoms with Crippen molar-refractivity contribution in [2.45, 2.75) is 25.8 Å². The number of furan rings is 1. The average Bonchev–Trinajstić information content (AvgIpc) is 2.96. The van der Waals surface area contributed by atoms with Crippen LogP contribution in [0, 0.1) is 0 Å². The van der Waals surface area contributed by atoms with Gasteiger partial charge in [0.1, 0.15) is 5.75 Å². The second kappa shape index (κ2) is 7.00. The van der Waals surface area contributed by atoms with Gasteiger partial charge in [0.2, 0.25) is 0 Å². The summed E-state index contributed by atoms with van der Waals surface area (Å²) in [6.07, 6.45) is 5.56. The summed E-state index contributed by atoms with van der Waals surface area (Å²) >= 11 is 0. The monoisotopic (exact) mass is 259 g/mol. The van der Waals surface area contributed by atoms with E-state index in [0.717, 1.165) is 25.1 Å². The van der Waals surface area contributed by atoms with Crippen molar-refractivity contribution in [2.75, 3.05) is 13.7 Å². The fourth-order valence-corrected chi connectivity index (χ4v) is 2.13. The molecule has 1 aromatic heterocycles. The van der Waals surface area contributed by atoms with Crippen LogP contribution in [-0.2, 0) is 6.42 Å². The normalized spacial score (nSPS) is 12.3. The number of hydrogen-bond acceptors (Lipinski definition) is 3. The lowest BCUT2D eigenvalue weighted by molar-refractivity contribution is 0.412. The van der Waals surface area contributed by atoms with Crippen LogP contribution in [0.3, 0.4) is 0 Å². The zero-order chi connectivity index (χ0) is 13.5. The van der Waals surface area contributed by atoms with E-state index in [-0.39, 0.29) is 6.04 Å². The van der Waals surface area contributed by atoms with Crippen molar-refractivity contribution in [1.82, 2.24) is 5.32 Å². The summed E-state index contributed by atoms with van der Waals surface area (Å²) in [5.41, 5.74) is 2.45. The molecule has 1 atom stereocenters. The maximum absolute atomic E-state index is 5.30. The van der Waals surface area contributed by atoms with Crippen molar-refractivity contribution in [3.8, 4) is 5.75 Å². The molecular weight excluding hydrogens is 238 g/mol. The summed E-state index contributed by atoms with van der Waals surface area (Å²) in [5.74, 6) is 0.896. The minimum Gasteiger partial charge on any atom is -0.497 e. The zero-order valence-electron chi connectivity index (χ0n) is 11.6. The molecule has 3 heteroatoms. The summed E-state index contributed by atoms with van der Waals surface area (Å²) in [4.78, 5) is 0. The Hall–Kier alpha value is -1.74. The van der Waals surface area contributed by atoms with Crippen LogP contribution in [0.4, 0.5) is 0 Å². The van der Waals surface area contributed by atoms with Gasteiger partial charge in [-0.05, 0) is 48.7 Å². The second-order valence-corrected chi connectivity index (χ2v) is 4.62. The van der Waals surface area contributed by atoms with E-state index >= 15 is 0 Å². The molecule has 2 rings (SSSR count). The van der Waals surface area contributed by atoms with Gasteiger partial charge in [-0.2, -0.15) is 0 Å². The highest BCUT2D eigenvalue weighted by molar-refractivity contribution is 5.31. The first-order valence-corrected chi connectivity index (χ1v) is 6.72. The van der Waals surface area contributed by atoms with Gasteiger partial charge in [0, 0.05) is 6.04 Å². The van der Waals surface area contributed by atoms with Crippen molar-refractivity contribution >= 4 is 0 Å². The molecule has 0 radical (unpaired) electrons. The third kappa shape index (κ3) is 3.86. The predicted molar refractivity (Wildman–Crippen MR) is 76.4 cm³/mol. The second-order valence-electron chi connectivity index (χ2n) is 4.62. The van der Waals surface area contributed by atoms with E-state index in [1.165, 1.54) is 11.1 Å². The van der Waals surface area contributed by atoms with E-state index in [1.807, 2.05) is 18.2 Å². The highest BCUT2D eigenvalue weighted by Crippen LogP contribution is 2.22. The van der Waals surface area contributed by atoms with Crippen LogP contribution in [0.15, 0.2) is 47.3 Å². The molecule has 0 saturated heterocycles. The lowest BCUT2D eigenvalue weighted by Gasteiger charge is -2.19. The summed E-state index contributed by atoms with van der Waals surface area (Å²) in [6, 6.07) is 10.5. The first-order valence-electron chi connectivity index (χ1n) is 6.72. The molecule has 19 heavy (non-hydrogen) atoms. The van der Waals surface area contributed by atoms with Crippen molar-refractivity contribution < 1.29 is 9.15 Å². The SMILES string of the molecule is CCCNC(Cc1ccoc1)c1cccc(OC)c1. The predicted octanol–water partition coefficient (Wildman–Crippen LogP) is 3.57. The quantitative estimate of drug-likeness (QED) is 0.825. The fraction of sp³-hybridized carbons (Fsp3) is 0.375. The molecule has 1 N–H and O–H groups in total. The van der Waals surface area contributed by atoms with Crippen LogP contribution < -0.4 is 10.1 Å². The Bertz CT molecular complexity index is 479. The molecule has 0 saturated carbocycles. The maximum atomic E-state index is 5.30. The number of ether oxygens (including phenoxy) is 1. The van der Waals surface area contributed by atoms with Crippen LogP contribution in [-0.4, -0.2) is 13.7 Å². The van der Waals surface area contributed by atoms with Crippen molar-refractivity contribution in [3.05, 3.63) is 54.0 Å². The fourth-order valence-electron chi connectivity index (χ4n) is 2.13. The molecule has 0 fully saturated rings. The highest BCUT2D eigenvalue weighted by Gasteiger charge is 2.12. The van der Waals surface area contributed by atoms with Gasteiger partial charge in [-0.25, -0.2) is 0 Å². The topological polar surface area (TPSA) is 34.4 Å². The number of rotatable bonds is 7. The Kier molecular flexibility index (Phi) is 5.04. The number of nitrogens with one attached hydrogen (secondary N) is 1. The molecule has 0 aliphatic heterocycles. The van der Waals surface area contributed by atoms with Gasteiger partial charge in [-0.1, -0.05) is 19.1 Å². The Morgan fingerprint density at radius 3 is 2.89 bits per heavy atom. The third-order valence-corrected chi connectivity index (χ3v) is 3.16. The Labute approximate surface area is 114 Å². The van der Waals surface area contributed by atoms with E-state index in [4.69, 9.17) is 9.15 Å². The van der Waals surface area contributed by atoms with Gasteiger partial charge >= 0.3 is 0 Å². The largest absolute Gasteiger partial charge is 0.497 e. The van der Waals surface area contributed by atoms with E-state index in [0.29, 0.717) is 0 Å². The van der Waals surface area contributed by atoms with Crippen LogP contribution >= 0.6 is 0 Å². The van der Waals surface area contributed by atoms with E-state index in [2.05, 4.69) is 24.4 Å². The molecule has 0 spiro atoms. The first kappa shape index (κ1) is 13.7. The Morgan fingerprint density at radius 1 is 1.32 bits per heavy atom. The summed E-state index contributed by atoms with van der Waals surface area (Å²) in [5, 5.41) is 3.58.